The van der Waals surface area contributed by atoms with Gasteiger partial charge in [0.15, 0.2) is 0 Å². The van der Waals surface area contributed by atoms with Gasteiger partial charge in [0.25, 0.3) is 0 Å². The van der Waals surface area contributed by atoms with Crippen LogP contribution in [0.1, 0.15) is 34.6 Å². The number of ether oxygens (including phenoxy) is 3. The van der Waals surface area contributed by atoms with E-state index in [0.29, 0.717) is 5.92 Å². The SMILES string of the molecule is CC(=O)OCC1O[C@H](OC(C)=O)C(C)[C@@H](C)[C@@H]1C. The summed E-state index contributed by atoms with van der Waals surface area (Å²) in [5.74, 6) is -0.00625. The summed E-state index contributed by atoms with van der Waals surface area (Å²) in [6.07, 6.45) is -0.793. The van der Waals surface area contributed by atoms with Gasteiger partial charge in [0.2, 0.25) is 6.29 Å². The van der Waals surface area contributed by atoms with Crippen molar-refractivity contribution in [3.63, 3.8) is 0 Å². The predicted molar refractivity (Wildman–Crippen MR) is 64.6 cm³/mol. The topological polar surface area (TPSA) is 61.8 Å². The molecule has 1 rings (SSSR count). The van der Waals surface area contributed by atoms with Gasteiger partial charge in [0, 0.05) is 19.8 Å². The maximum Gasteiger partial charge on any atom is 0.304 e. The number of carbonyl (C=O) groups excluding carboxylic acids is 2. The highest BCUT2D eigenvalue weighted by Crippen LogP contribution is 2.35. The normalized spacial score (nSPS) is 35.9. The monoisotopic (exact) mass is 258 g/mol. The van der Waals surface area contributed by atoms with Crippen molar-refractivity contribution in [1.29, 1.82) is 0 Å². The summed E-state index contributed by atoms with van der Waals surface area (Å²) in [4.78, 5) is 21.9. The van der Waals surface area contributed by atoms with Crippen molar-refractivity contribution in [3.8, 4) is 0 Å². The van der Waals surface area contributed by atoms with Crippen molar-refractivity contribution in [1.82, 2.24) is 0 Å². The third kappa shape index (κ3) is 3.70. The molecule has 0 aromatic rings. The fraction of sp³-hybridized carbons (Fsp3) is 0.846. The molecule has 1 fully saturated rings. The van der Waals surface area contributed by atoms with Gasteiger partial charge in [-0.15, -0.1) is 0 Å². The van der Waals surface area contributed by atoms with Gasteiger partial charge < -0.3 is 14.2 Å². The fourth-order valence-electron chi connectivity index (χ4n) is 2.17. The molecule has 1 saturated heterocycles. The molecule has 2 unspecified atom stereocenters. The molecule has 0 radical (unpaired) electrons. The minimum Gasteiger partial charge on any atom is -0.463 e. The van der Waals surface area contributed by atoms with Crippen molar-refractivity contribution < 1.29 is 23.8 Å². The Balaban J connectivity index is 2.67. The summed E-state index contributed by atoms with van der Waals surface area (Å²) in [7, 11) is 0. The van der Waals surface area contributed by atoms with Crippen LogP contribution < -0.4 is 0 Å². The first-order valence-corrected chi connectivity index (χ1v) is 6.29. The molecule has 5 nitrogen and oxygen atoms in total. The molecule has 1 aliphatic heterocycles. The zero-order valence-electron chi connectivity index (χ0n) is 11.6. The summed E-state index contributed by atoms with van der Waals surface area (Å²) in [5, 5.41) is 0. The number of esters is 2. The standard InChI is InChI=1S/C13H22O5/c1-7-8(2)12(6-16-10(4)14)18-13(9(7)3)17-11(5)15/h7-9,12-13H,6H2,1-5H3/t7-,8-,9?,12?,13-/m0/s1. The first-order chi connectivity index (χ1) is 8.32. The van der Waals surface area contributed by atoms with Crippen LogP contribution >= 0.6 is 0 Å². The number of hydrogen-bond acceptors (Lipinski definition) is 5. The summed E-state index contributed by atoms with van der Waals surface area (Å²) in [5.41, 5.74) is 0. The smallest absolute Gasteiger partial charge is 0.304 e. The third-order valence-electron chi connectivity index (χ3n) is 3.72. The van der Waals surface area contributed by atoms with E-state index in [1.165, 1.54) is 13.8 Å². The summed E-state index contributed by atoms with van der Waals surface area (Å²) in [6.45, 7) is 9.07. The lowest BCUT2D eigenvalue weighted by atomic mass is 9.79. The Bertz CT molecular complexity index is 313. The minimum atomic E-state index is -0.561. The van der Waals surface area contributed by atoms with Gasteiger partial charge in [0.1, 0.15) is 6.61 Å². The number of hydrogen-bond donors (Lipinski definition) is 0. The molecule has 0 N–H and O–H groups in total. The van der Waals surface area contributed by atoms with Crippen molar-refractivity contribution in [3.05, 3.63) is 0 Å². The second-order valence-electron chi connectivity index (χ2n) is 5.03. The third-order valence-corrected chi connectivity index (χ3v) is 3.72. The molecular weight excluding hydrogens is 236 g/mol. The van der Waals surface area contributed by atoms with E-state index in [0.717, 1.165) is 0 Å². The van der Waals surface area contributed by atoms with Crippen LogP contribution in [0.15, 0.2) is 0 Å². The quantitative estimate of drug-likeness (QED) is 0.722. The van der Waals surface area contributed by atoms with Crippen LogP contribution in [0.4, 0.5) is 0 Å². The van der Waals surface area contributed by atoms with Crippen LogP contribution in [0.3, 0.4) is 0 Å². The molecule has 18 heavy (non-hydrogen) atoms. The van der Waals surface area contributed by atoms with Gasteiger partial charge in [-0.1, -0.05) is 20.8 Å². The molecule has 0 bridgehead atoms. The van der Waals surface area contributed by atoms with Gasteiger partial charge in [-0.2, -0.15) is 0 Å². The maximum absolute atomic E-state index is 11.0. The van der Waals surface area contributed by atoms with Gasteiger partial charge >= 0.3 is 11.9 Å². The summed E-state index contributed by atoms with van der Waals surface area (Å²) in [6, 6.07) is 0. The molecule has 0 spiro atoms. The lowest BCUT2D eigenvalue weighted by molar-refractivity contribution is -0.248. The van der Waals surface area contributed by atoms with E-state index in [2.05, 4.69) is 13.8 Å². The maximum atomic E-state index is 11.0. The van der Waals surface area contributed by atoms with Crippen LogP contribution in [0.25, 0.3) is 0 Å². The van der Waals surface area contributed by atoms with Crippen molar-refractivity contribution in [2.45, 2.75) is 47.0 Å². The van der Waals surface area contributed by atoms with E-state index in [-0.39, 0.29) is 36.5 Å². The highest BCUT2D eigenvalue weighted by Gasteiger charge is 2.41. The molecule has 104 valence electrons. The van der Waals surface area contributed by atoms with Crippen molar-refractivity contribution in [2.75, 3.05) is 6.61 Å². The van der Waals surface area contributed by atoms with E-state index >= 15 is 0 Å². The minimum absolute atomic E-state index is 0.123. The van der Waals surface area contributed by atoms with E-state index in [1.54, 1.807) is 0 Å². The molecular formula is C13H22O5. The van der Waals surface area contributed by atoms with E-state index in [9.17, 15) is 9.59 Å². The lowest BCUT2D eigenvalue weighted by Crippen LogP contribution is -2.48. The first kappa shape index (κ1) is 15.0. The Labute approximate surface area is 108 Å². The molecule has 0 amide bonds. The molecule has 5 atom stereocenters. The van der Waals surface area contributed by atoms with Gasteiger partial charge in [0.05, 0.1) is 6.10 Å². The van der Waals surface area contributed by atoms with Crippen molar-refractivity contribution >= 4 is 11.9 Å². The van der Waals surface area contributed by atoms with Gasteiger partial charge in [-0.3, -0.25) is 9.59 Å². The van der Waals surface area contributed by atoms with Crippen LogP contribution in [0.5, 0.6) is 0 Å². The van der Waals surface area contributed by atoms with Crippen LogP contribution in [-0.4, -0.2) is 30.9 Å². The van der Waals surface area contributed by atoms with Crippen LogP contribution in [0.2, 0.25) is 0 Å². The zero-order valence-corrected chi connectivity index (χ0v) is 11.6. The number of rotatable bonds is 3. The fourth-order valence-corrected chi connectivity index (χ4v) is 2.17. The molecule has 1 heterocycles. The average Bonchev–Trinajstić information content (AvgIpc) is 2.27. The Morgan fingerprint density at radius 2 is 1.61 bits per heavy atom. The highest BCUT2D eigenvalue weighted by molar-refractivity contribution is 5.66. The molecule has 0 aliphatic carbocycles. The second-order valence-corrected chi connectivity index (χ2v) is 5.03. The van der Waals surface area contributed by atoms with E-state index in [1.807, 2.05) is 6.92 Å². The predicted octanol–water partition coefficient (Wildman–Crippen LogP) is 1.75. The molecule has 5 heteroatoms. The molecule has 0 saturated carbocycles. The first-order valence-electron chi connectivity index (χ1n) is 6.29. The van der Waals surface area contributed by atoms with Crippen LogP contribution in [0, 0.1) is 17.8 Å². The molecule has 0 aromatic heterocycles. The molecule has 0 aromatic carbocycles. The average molecular weight is 258 g/mol. The largest absolute Gasteiger partial charge is 0.463 e. The Kier molecular flexibility index (Phi) is 5.14. The van der Waals surface area contributed by atoms with Crippen LogP contribution in [-0.2, 0) is 23.8 Å². The molecule has 1 aliphatic rings. The summed E-state index contributed by atoms with van der Waals surface area (Å²) >= 11 is 0. The number of carbonyl (C=O) groups is 2. The summed E-state index contributed by atoms with van der Waals surface area (Å²) < 4.78 is 15.9. The van der Waals surface area contributed by atoms with Gasteiger partial charge in [-0.25, -0.2) is 0 Å². The second kappa shape index (κ2) is 6.18. The highest BCUT2D eigenvalue weighted by atomic mass is 16.7. The van der Waals surface area contributed by atoms with E-state index in [4.69, 9.17) is 14.2 Å². The van der Waals surface area contributed by atoms with Gasteiger partial charge in [-0.05, 0) is 11.8 Å². The Hall–Kier alpha value is -1.10. The lowest BCUT2D eigenvalue weighted by Gasteiger charge is -2.42. The van der Waals surface area contributed by atoms with E-state index < -0.39 is 6.29 Å². The Morgan fingerprint density at radius 1 is 1.00 bits per heavy atom. The Morgan fingerprint density at radius 3 is 2.11 bits per heavy atom. The zero-order chi connectivity index (χ0) is 13.9. The van der Waals surface area contributed by atoms with Crippen molar-refractivity contribution in [2.24, 2.45) is 17.8 Å².